The minimum Gasteiger partial charge on any atom is -0.392 e. The van der Waals surface area contributed by atoms with Gasteiger partial charge in [0.05, 0.1) is 42.7 Å². The third-order valence-electron chi connectivity index (χ3n) is 8.93. The molecule has 2 heterocycles. The second kappa shape index (κ2) is 16.5. The van der Waals surface area contributed by atoms with Crippen LogP contribution in [0.5, 0.6) is 0 Å². The van der Waals surface area contributed by atoms with Gasteiger partial charge in [-0.3, -0.25) is 9.59 Å². The number of hydrogen-bond donors (Lipinski definition) is 3. The Morgan fingerprint density at radius 2 is 1.63 bits per heavy atom. The number of nitrogens with zero attached hydrogens (tertiary/aromatic N) is 2. The van der Waals surface area contributed by atoms with E-state index in [4.69, 9.17) is 9.47 Å². The fourth-order valence-electron chi connectivity index (χ4n) is 6.24. The first kappa shape index (κ1) is 34.0. The zero-order chi connectivity index (χ0) is 34.0. The van der Waals surface area contributed by atoms with Gasteiger partial charge in [-0.25, -0.2) is 4.98 Å². The van der Waals surface area contributed by atoms with Crippen LogP contribution in [-0.4, -0.2) is 39.1 Å². The third kappa shape index (κ3) is 9.20. The summed E-state index contributed by atoms with van der Waals surface area (Å²) in [6, 6.07) is 32.5. The van der Waals surface area contributed by atoms with Gasteiger partial charge in [0.15, 0.2) is 6.29 Å². The van der Waals surface area contributed by atoms with Crippen molar-refractivity contribution in [1.29, 1.82) is 0 Å². The van der Waals surface area contributed by atoms with Crippen LogP contribution in [0.4, 0.5) is 0 Å². The van der Waals surface area contributed by atoms with Crippen molar-refractivity contribution in [2.45, 2.75) is 77.2 Å². The van der Waals surface area contributed by atoms with E-state index < -0.39 is 6.29 Å². The number of aromatic nitrogens is 2. The van der Waals surface area contributed by atoms with Gasteiger partial charge < -0.3 is 29.8 Å². The van der Waals surface area contributed by atoms with Crippen LogP contribution in [0, 0.1) is 0 Å². The number of fused-ring (bicyclic) bond motifs is 1. The number of carbonyl (C=O) groups excluding carboxylic acids is 2. The Morgan fingerprint density at radius 1 is 0.837 bits per heavy atom. The summed E-state index contributed by atoms with van der Waals surface area (Å²) in [5.41, 5.74) is 8.02. The molecule has 1 fully saturated rings. The van der Waals surface area contributed by atoms with E-state index in [1.165, 1.54) is 6.92 Å². The highest BCUT2D eigenvalue weighted by atomic mass is 16.7. The van der Waals surface area contributed by atoms with E-state index in [-0.39, 0.29) is 30.6 Å². The summed E-state index contributed by atoms with van der Waals surface area (Å²) in [6.07, 6.45) is 4.74. The Hall–Kier alpha value is -4.83. The quantitative estimate of drug-likeness (QED) is 0.114. The second-order valence-corrected chi connectivity index (χ2v) is 12.6. The maximum Gasteiger partial charge on any atom is 0.220 e. The predicted octanol–water partition coefficient (Wildman–Crippen LogP) is 6.75. The van der Waals surface area contributed by atoms with E-state index in [9.17, 15) is 14.7 Å². The molecule has 0 saturated carbocycles. The van der Waals surface area contributed by atoms with E-state index in [1.807, 2.05) is 60.9 Å². The molecule has 5 aromatic rings. The first-order valence-electron chi connectivity index (χ1n) is 17.1. The van der Waals surface area contributed by atoms with Gasteiger partial charge in [-0.2, -0.15) is 0 Å². The first-order chi connectivity index (χ1) is 23.9. The largest absolute Gasteiger partial charge is 0.392 e. The van der Waals surface area contributed by atoms with Gasteiger partial charge in [0.25, 0.3) is 0 Å². The minimum atomic E-state index is -0.558. The molecular weight excluding hydrogens is 616 g/mol. The Morgan fingerprint density at radius 3 is 2.43 bits per heavy atom. The van der Waals surface area contributed by atoms with Gasteiger partial charge in [0.1, 0.15) is 0 Å². The van der Waals surface area contributed by atoms with Crippen molar-refractivity contribution in [2.75, 3.05) is 6.54 Å². The molecule has 1 aliphatic rings. The Kier molecular flexibility index (Phi) is 11.5. The van der Waals surface area contributed by atoms with Crippen LogP contribution in [0.25, 0.3) is 22.2 Å². The molecule has 0 bridgehead atoms. The van der Waals surface area contributed by atoms with Crippen LogP contribution >= 0.6 is 0 Å². The molecule has 3 atom stereocenters. The normalized spacial score (nSPS) is 17.6. The average Bonchev–Trinajstić information content (AvgIpc) is 3.54. The molecule has 0 spiro atoms. The summed E-state index contributed by atoms with van der Waals surface area (Å²) < 4.78 is 15.3. The second-order valence-electron chi connectivity index (χ2n) is 12.6. The van der Waals surface area contributed by atoms with Crippen molar-refractivity contribution >= 4 is 22.8 Å². The van der Waals surface area contributed by atoms with Gasteiger partial charge in [0, 0.05) is 38.4 Å². The summed E-state index contributed by atoms with van der Waals surface area (Å²) >= 11 is 0. The highest BCUT2D eigenvalue weighted by Crippen LogP contribution is 2.39. The summed E-state index contributed by atoms with van der Waals surface area (Å²) in [4.78, 5) is 27.9. The molecule has 1 aromatic heterocycles. The fraction of sp³-hybridized carbons (Fsp3) is 0.325. The lowest BCUT2D eigenvalue weighted by Gasteiger charge is -2.36. The zero-order valence-electron chi connectivity index (χ0n) is 27.9. The summed E-state index contributed by atoms with van der Waals surface area (Å²) in [5, 5.41) is 15.4. The molecule has 1 aliphatic heterocycles. The number of aliphatic hydroxyl groups excluding tert-OH is 1. The number of unbranched alkanes of at least 4 members (excludes halogenated alkanes) is 2. The van der Waals surface area contributed by atoms with Crippen molar-refractivity contribution in [2.24, 2.45) is 0 Å². The molecule has 0 aliphatic carbocycles. The monoisotopic (exact) mass is 660 g/mol. The third-order valence-corrected chi connectivity index (χ3v) is 8.93. The molecule has 254 valence electrons. The smallest absolute Gasteiger partial charge is 0.220 e. The van der Waals surface area contributed by atoms with Gasteiger partial charge in [-0.15, -0.1) is 0 Å². The van der Waals surface area contributed by atoms with E-state index >= 15 is 0 Å². The lowest BCUT2D eigenvalue weighted by atomic mass is 9.99. The van der Waals surface area contributed by atoms with E-state index in [0.717, 1.165) is 63.7 Å². The number of imidazole rings is 1. The standard InChI is InChI=1S/C40H44N4O5/c1-28(46)41-21-6-2-3-12-39(47)42-24-30-8-7-9-34(22-30)31-17-19-33(20-18-31)40-48-35(25-44-27-43-36-10-4-5-11-37(36)44)23-38(49-40)32-15-13-29(26-45)14-16-32/h4-5,7-11,13-20,22,27,35,38,40,45H,2-3,6,12,21,23-26H2,1H3,(H,41,46)(H,42,47). The van der Waals surface area contributed by atoms with Crippen LogP contribution < -0.4 is 10.6 Å². The first-order valence-corrected chi connectivity index (χ1v) is 17.1. The maximum atomic E-state index is 12.4. The number of rotatable bonds is 14. The molecule has 1 saturated heterocycles. The lowest BCUT2D eigenvalue weighted by molar-refractivity contribution is -0.252. The van der Waals surface area contributed by atoms with Crippen LogP contribution in [0.15, 0.2) is 103 Å². The molecule has 3 N–H and O–H groups in total. The molecule has 0 radical (unpaired) electrons. The number of hydrogen-bond acceptors (Lipinski definition) is 6. The maximum absolute atomic E-state index is 12.4. The van der Waals surface area contributed by atoms with Crippen molar-refractivity contribution in [3.63, 3.8) is 0 Å². The number of nitrogens with one attached hydrogen (secondary N) is 2. The summed E-state index contributed by atoms with van der Waals surface area (Å²) in [6.45, 7) is 3.27. The van der Waals surface area contributed by atoms with Crippen molar-refractivity contribution < 1.29 is 24.2 Å². The highest BCUT2D eigenvalue weighted by molar-refractivity contribution is 5.76. The number of para-hydroxylation sites is 2. The molecule has 4 aromatic carbocycles. The summed E-state index contributed by atoms with van der Waals surface area (Å²) in [7, 11) is 0. The van der Waals surface area contributed by atoms with Crippen molar-refractivity contribution in [3.05, 3.63) is 126 Å². The average molecular weight is 661 g/mol. The van der Waals surface area contributed by atoms with Crippen LogP contribution in [-0.2, 0) is 38.8 Å². The van der Waals surface area contributed by atoms with Crippen molar-refractivity contribution in [3.8, 4) is 11.1 Å². The highest BCUT2D eigenvalue weighted by Gasteiger charge is 2.32. The van der Waals surface area contributed by atoms with Crippen LogP contribution in [0.2, 0.25) is 0 Å². The Balaban J connectivity index is 1.10. The molecule has 3 unspecified atom stereocenters. The molecular formula is C40H44N4O5. The van der Waals surface area contributed by atoms with Gasteiger partial charge >= 0.3 is 0 Å². The lowest BCUT2D eigenvalue weighted by Crippen LogP contribution is -2.32. The SMILES string of the molecule is CC(=O)NCCCCCC(=O)NCc1cccc(-c2ccc(C3OC(Cn4cnc5ccccc54)CC(c4ccc(CO)cc4)O3)cc2)c1. The Labute approximate surface area is 287 Å². The predicted molar refractivity (Wildman–Crippen MR) is 189 cm³/mol. The number of ether oxygens (including phenoxy) is 2. The van der Waals surface area contributed by atoms with E-state index in [0.29, 0.717) is 32.5 Å². The van der Waals surface area contributed by atoms with Gasteiger partial charge in [0.2, 0.25) is 11.8 Å². The van der Waals surface area contributed by atoms with E-state index in [2.05, 4.69) is 62.6 Å². The number of aliphatic hydroxyl groups is 1. The minimum absolute atomic E-state index is 0.000789. The Bertz CT molecular complexity index is 1840. The topological polar surface area (TPSA) is 115 Å². The van der Waals surface area contributed by atoms with Crippen molar-refractivity contribution in [1.82, 2.24) is 20.2 Å². The molecule has 9 nitrogen and oxygen atoms in total. The molecule has 6 rings (SSSR count). The van der Waals surface area contributed by atoms with E-state index in [1.54, 1.807) is 0 Å². The van der Waals surface area contributed by atoms with Crippen LogP contribution in [0.1, 0.15) is 73.7 Å². The number of carbonyl (C=O) groups is 2. The van der Waals surface area contributed by atoms with Gasteiger partial charge in [-0.05, 0) is 58.9 Å². The zero-order valence-corrected chi connectivity index (χ0v) is 27.9. The van der Waals surface area contributed by atoms with Crippen LogP contribution in [0.3, 0.4) is 0 Å². The summed E-state index contributed by atoms with van der Waals surface area (Å²) in [5.74, 6) is 0.00713. The molecule has 2 amide bonds. The fourth-order valence-corrected chi connectivity index (χ4v) is 6.24. The number of amides is 2. The van der Waals surface area contributed by atoms with Gasteiger partial charge in [-0.1, -0.05) is 85.3 Å². The molecule has 9 heteroatoms. The molecule has 49 heavy (non-hydrogen) atoms. The number of benzene rings is 4.